The van der Waals surface area contributed by atoms with Gasteiger partial charge in [-0.1, -0.05) is 28.7 Å². The Morgan fingerprint density at radius 3 is 2.74 bits per heavy atom. The van der Waals surface area contributed by atoms with Gasteiger partial charge in [0.1, 0.15) is 5.69 Å². The van der Waals surface area contributed by atoms with E-state index >= 15 is 0 Å². The highest BCUT2D eigenvalue weighted by Crippen LogP contribution is 2.32. The van der Waals surface area contributed by atoms with Gasteiger partial charge in [0, 0.05) is 13.1 Å². The fourth-order valence-corrected chi connectivity index (χ4v) is 3.99. The second-order valence-electron chi connectivity index (χ2n) is 5.98. The molecule has 7 heteroatoms. The number of para-hydroxylation sites is 1. The average molecular weight is 329 g/mol. The zero-order valence-electron chi connectivity index (χ0n) is 13.0. The second-order valence-corrected chi connectivity index (χ2v) is 6.99. The minimum absolute atomic E-state index is 0.348. The van der Waals surface area contributed by atoms with Gasteiger partial charge in [-0.3, -0.25) is 0 Å². The van der Waals surface area contributed by atoms with Crippen LogP contribution in [0, 0.1) is 0 Å². The molecule has 1 unspecified atom stereocenters. The summed E-state index contributed by atoms with van der Waals surface area (Å²) in [7, 11) is 0. The van der Waals surface area contributed by atoms with Gasteiger partial charge in [0.05, 0.1) is 28.6 Å². The van der Waals surface area contributed by atoms with Crippen LogP contribution in [0.1, 0.15) is 37.6 Å². The molecule has 120 valence electrons. The van der Waals surface area contributed by atoms with Crippen LogP contribution in [0.5, 0.6) is 0 Å². The van der Waals surface area contributed by atoms with Crippen molar-refractivity contribution in [1.82, 2.24) is 20.0 Å². The number of aliphatic hydroxyl groups is 1. The molecule has 1 saturated heterocycles. The van der Waals surface area contributed by atoms with E-state index in [1.165, 1.54) is 4.70 Å². The van der Waals surface area contributed by atoms with E-state index in [4.69, 9.17) is 4.98 Å². The maximum Gasteiger partial charge on any atom is 0.186 e. The fraction of sp³-hybridized carbons (Fsp3) is 0.438. The maximum absolute atomic E-state index is 9.56. The Morgan fingerprint density at radius 2 is 2.04 bits per heavy atom. The number of hydrogen-bond acceptors (Lipinski definition) is 6. The van der Waals surface area contributed by atoms with Gasteiger partial charge in [-0.2, -0.15) is 0 Å². The Kier molecular flexibility index (Phi) is 3.74. The summed E-state index contributed by atoms with van der Waals surface area (Å²) in [5.74, 6) is 0. The van der Waals surface area contributed by atoms with Crippen molar-refractivity contribution >= 4 is 26.7 Å². The lowest BCUT2D eigenvalue weighted by molar-refractivity contribution is 0.194. The molecule has 0 bridgehead atoms. The van der Waals surface area contributed by atoms with Crippen molar-refractivity contribution in [2.75, 3.05) is 18.0 Å². The summed E-state index contributed by atoms with van der Waals surface area (Å²) >= 11 is 1.76. The number of aromatic nitrogens is 4. The van der Waals surface area contributed by atoms with Crippen molar-refractivity contribution in [3.05, 3.63) is 36.2 Å². The normalized spacial score (nSPS) is 17.7. The van der Waals surface area contributed by atoms with Crippen LogP contribution in [-0.2, 0) is 0 Å². The third-order valence-electron chi connectivity index (χ3n) is 4.35. The quantitative estimate of drug-likeness (QED) is 0.800. The van der Waals surface area contributed by atoms with Gasteiger partial charge in [-0.25, -0.2) is 9.67 Å². The minimum Gasteiger partial charge on any atom is -0.387 e. The molecule has 3 aromatic rings. The molecular formula is C16H19N5OS. The molecule has 1 atom stereocenters. The van der Waals surface area contributed by atoms with E-state index < -0.39 is 6.10 Å². The molecular weight excluding hydrogens is 310 g/mol. The molecule has 1 aliphatic heterocycles. The number of benzene rings is 1. The van der Waals surface area contributed by atoms with Crippen molar-refractivity contribution in [3.8, 4) is 0 Å². The molecule has 0 aliphatic carbocycles. The van der Waals surface area contributed by atoms with Crippen molar-refractivity contribution < 1.29 is 5.11 Å². The monoisotopic (exact) mass is 329 g/mol. The highest BCUT2D eigenvalue weighted by molar-refractivity contribution is 7.22. The summed E-state index contributed by atoms with van der Waals surface area (Å²) in [6, 6.07) is 8.62. The molecule has 23 heavy (non-hydrogen) atoms. The molecule has 0 spiro atoms. The fourth-order valence-electron chi connectivity index (χ4n) is 2.98. The Labute approximate surface area is 138 Å². The second kappa shape index (κ2) is 5.90. The predicted molar refractivity (Wildman–Crippen MR) is 90.8 cm³/mol. The molecule has 0 radical (unpaired) electrons. The van der Waals surface area contributed by atoms with E-state index in [1.54, 1.807) is 18.3 Å². The van der Waals surface area contributed by atoms with Gasteiger partial charge < -0.3 is 10.0 Å². The van der Waals surface area contributed by atoms with Crippen LogP contribution in [0.4, 0.5) is 5.13 Å². The van der Waals surface area contributed by atoms with Gasteiger partial charge in [-0.05, 0) is 31.9 Å². The molecule has 1 fully saturated rings. The van der Waals surface area contributed by atoms with Crippen molar-refractivity contribution in [2.24, 2.45) is 0 Å². The van der Waals surface area contributed by atoms with Gasteiger partial charge in [0.2, 0.25) is 0 Å². The van der Waals surface area contributed by atoms with Crippen LogP contribution in [0.25, 0.3) is 10.2 Å². The highest BCUT2D eigenvalue weighted by atomic mass is 32.1. The van der Waals surface area contributed by atoms with E-state index in [2.05, 4.69) is 33.4 Å². The first-order chi connectivity index (χ1) is 11.2. The molecule has 1 aliphatic rings. The molecule has 0 amide bonds. The van der Waals surface area contributed by atoms with Crippen LogP contribution < -0.4 is 4.90 Å². The first-order valence-electron chi connectivity index (χ1n) is 7.91. The summed E-state index contributed by atoms with van der Waals surface area (Å²) in [4.78, 5) is 7.09. The van der Waals surface area contributed by atoms with Crippen LogP contribution in [0.2, 0.25) is 0 Å². The first-order valence-corrected chi connectivity index (χ1v) is 8.72. The lowest BCUT2D eigenvalue weighted by Gasteiger charge is -2.31. The van der Waals surface area contributed by atoms with Crippen molar-refractivity contribution in [2.45, 2.75) is 31.9 Å². The van der Waals surface area contributed by atoms with Crippen LogP contribution in [0.3, 0.4) is 0 Å². The summed E-state index contributed by atoms with van der Waals surface area (Å²) in [5.41, 5.74) is 1.71. The summed E-state index contributed by atoms with van der Waals surface area (Å²) < 4.78 is 3.14. The van der Waals surface area contributed by atoms with Crippen LogP contribution in [-0.4, -0.2) is 38.2 Å². The standard InChI is InChI=1S/C16H19N5OS/c1-11(22)14-10-21(19-18-14)12-6-8-20(9-7-12)16-17-13-4-2-3-5-15(13)23-16/h2-5,10-12,22H,6-9H2,1H3. The van der Waals surface area contributed by atoms with E-state index in [-0.39, 0.29) is 0 Å². The Balaban J connectivity index is 1.45. The molecule has 6 nitrogen and oxygen atoms in total. The molecule has 1 N–H and O–H groups in total. The summed E-state index contributed by atoms with van der Waals surface area (Å²) in [6.45, 7) is 3.65. The third-order valence-corrected chi connectivity index (χ3v) is 5.44. The zero-order valence-corrected chi connectivity index (χ0v) is 13.8. The van der Waals surface area contributed by atoms with Gasteiger partial charge in [0.15, 0.2) is 5.13 Å². The first kappa shape index (κ1) is 14.6. The van der Waals surface area contributed by atoms with E-state index in [0.717, 1.165) is 36.6 Å². The average Bonchev–Trinajstić information content (AvgIpc) is 3.22. The minimum atomic E-state index is -0.563. The number of nitrogens with zero attached hydrogens (tertiary/aromatic N) is 5. The Bertz CT molecular complexity index is 771. The third kappa shape index (κ3) is 2.82. The van der Waals surface area contributed by atoms with Crippen molar-refractivity contribution in [3.63, 3.8) is 0 Å². The highest BCUT2D eigenvalue weighted by Gasteiger charge is 2.24. The lowest BCUT2D eigenvalue weighted by Crippen LogP contribution is -2.34. The topological polar surface area (TPSA) is 67.1 Å². The van der Waals surface area contributed by atoms with E-state index in [0.29, 0.717) is 11.7 Å². The predicted octanol–water partition coefficient (Wildman–Crippen LogP) is 2.78. The van der Waals surface area contributed by atoms with E-state index in [1.807, 2.05) is 16.9 Å². The number of anilines is 1. The number of rotatable bonds is 3. The Morgan fingerprint density at radius 1 is 1.26 bits per heavy atom. The van der Waals surface area contributed by atoms with Gasteiger partial charge in [0.25, 0.3) is 0 Å². The van der Waals surface area contributed by atoms with Crippen LogP contribution in [0.15, 0.2) is 30.5 Å². The number of hydrogen-bond donors (Lipinski definition) is 1. The molecule has 2 aromatic heterocycles. The molecule has 0 saturated carbocycles. The molecule has 4 rings (SSSR count). The van der Waals surface area contributed by atoms with E-state index in [9.17, 15) is 5.11 Å². The van der Waals surface area contributed by atoms with Gasteiger partial charge in [-0.15, -0.1) is 5.10 Å². The van der Waals surface area contributed by atoms with Gasteiger partial charge >= 0.3 is 0 Å². The zero-order chi connectivity index (χ0) is 15.8. The van der Waals surface area contributed by atoms with Crippen LogP contribution >= 0.6 is 11.3 Å². The Hall–Kier alpha value is -1.99. The number of aliphatic hydroxyl groups excluding tert-OH is 1. The summed E-state index contributed by atoms with van der Waals surface area (Å²) in [5, 5.41) is 18.9. The largest absolute Gasteiger partial charge is 0.387 e. The number of fused-ring (bicyclic) bond motifs is 1. The maximum atomic E-state index is 9.56. The molecule has 1 aromatic carbocycles. The van der Waals surface area contributed by atoms with Crippen molar-refractivity contribution in [1.29, 1.82) is 0 Å². The smallest absolute Gasteiger partial charge is 0.186 e. The lowest BCUT2D eigenvalue weighted by atomic mass is 10.1. The number of piperidine rings is 1. The number of thiazole rings is 1. The molecule has 3 heterocycles. The SMILES string of the molecule is CC(O)c1cn(C2CCN(c3nc4ccccc4s3)CC2)nn1. The summed E-state index contributed by atoms with van der Waals surface area (Å²) in [6.07, 6.45) is 3.33.